The molecule has 1 amide bonds. The second kappa shape index (κ2) is 6.96. The molecule has 1 saturated heterocycles. The Hall–Kier alpha value is -2.14. The van der Waals surface area contributed by atoms with Gasteiger partial charge in [-0.1, -0.05) is 6.07 Å². The Morgan fingerprint density at radius 1 is 1.35 bits per heavy atom. The largest absolute Gasteiger partial charge is 0.466 e. The number of hydrogen-bond donors (Lipinski definition) is 1. The van der Waals surface area contributed by atoms with Crippen molar-refractivity contribution in [3.05, 3.63) is 53.2 Å². The lowest BCUT2D eigenvalue weighted by Crippen LogP contribution is -2.36. The van der Waals surface area contributed by atoms with Gasteiger partial charge in [-0.05, 0) is 50.3 Å². The maximum absolute atomic E-state index is 12.7. The quantitative estimate of drug-likeness (QED) is 0.941. The lowest BCUT2D eigenvalue weighted by Gasteiger charge is -2.31. The number of furan rings is 1. The Kier molecular flexibility index (Phi) is 4.76. The van der Waals surface area contributed by atoms with Crippen molar-refractivity contribution in [2.24, 2.45) is 5.92 Å². The molecule has 1 atom stereocenters. The van der Waals surface area contributed by atoms with Crippen molar-refractivity contribution in [3.63, 3.8) is 0 Å². The molecule has 2 aromatic heterocycles. The Morgan fingerprint density at radius 2 is 2.13 bits per heavy atom. The predicted octanol–water partition coefficient (Wildman–Crippen LogP) is 3.19. The van der Waals surface area contributed by atoms with Gasteiger partial charge in [0.05, 0.1) is 11.6 Å². The van der Waals surface area contributed by atoms with Crippen LogP contribution in [0.5, 0.6) is 0 Å². The third-order valence-electron chi connectivity index (χ3n) is 4.35. The van der Waals surface area contributed by atoms with Crippen LogP contribution in [0.3, 0.4) is 0 Å². The number of aryl methyl sites for hydroxylation is 2. The van der Waals surface area contributed by atoms with E-state index in [4.69, 9.17) is 9.15 Å². The van der Waals surface area contributed by atoms with Gasteiger partial charge in [0, 0.05) is 25.6 Å². The molecule has 5 heteroatoms. The molecule has 0 aromatic carbocycles. The fraction of sp³-hybridized carbons (Fsp3) is 0.444. The molecule has 0 aliphatic carbocycles. The fourth-order valence-corrected chi connectivity index (χ4v) is 3.16. The second-order valence-corrected chi connectivity index (χ2v) is 6.01. The van der Waals surface area contributed by atoms with Gasteiger partial charge in [0.1, 0.15) is 11.5 Å². The van der Waals surface area contributed by atoms with Crippen LogP contribution in [-0.2, 0) is 4.74 Å². The Bertz CT molecular complexity index is 660. The molecule has 1 unspecified atom stereocenters. The van der Waals surface area contributed by atoms with Crippen molar-refractivity contribution in [3.8, 4) is 0 Å². The highest BCUT2D eigenvalue weighted by molar-refractivity contribution is 5.95. The van der Waals surface area contributed by atoms with Gasteiger partial charge < -0.3 is 14.5 Å². The Morgan fingerprint density at radius 3 is 2.74 bits per heavy atom. The lowest BCUT2D eigenvalue weighted by atomic mass is 9.87. The first-order valence-electron chi connectivity index (χ1n) is 8.00. The number of hydrogen-bond acceptors (Lipinski definition) is 4. The van der Waals surface area contributed by atoms with Gasteiger partial charge >= 0.3 is 0 Å². The molecular weight excluding hydrogens is 292 g/mol. The van der Waals surface area contributed by atoms with Crippen LogP contribution in [0.2, 0.25) is 0 Å². The van der Waals surface area contributed by atoms with E-state index < -0.39 is 0 Å². The number of pyridine rings is 1. The summed E-state index contributed by atoms with van der Waals surface area (Å²) in [5.41, 5.74) is 1.63. The van der Waals surface area contributed by atoms with E-state index in [-0.39, 0.29) is 11.9 Å². The lowest BCUT2D eigenvalue weighted by molar-refractivity contribution is 0.0513. The first-order valence-corrected chi connectivity index (χ1v) is 8.00. The van der Waals surface area contributed by atoms with Crippen molar-refractivity contribution in [2.45, 2.75) is 32.7 Å². The smallest absolute Gasteiger partial charge is 0.255 e. The molecule has 3 rings (SSSR count). The Balaban J connectivity index is 1.83. The summed E-state index contributed by atoms with van der Waals surface area (Å²) in [5.74, 6) is 1.65. The summed E-state index contributed by atoms with van der Waals surface area (Å²) in [5, 5.41) is 3.18. The molecule has 0 bridgehead atoms. The molecule has 1 aliphatic rings. The minimum Gasteiger partial charge on any atom is -0.466 e. The number of ether oxygens (including phenoxy) is 1. The minimum absolute atomic E-state index is 0.0605. The molecule has 2 aromatic rings. The average Bonchev–Trinajstić information content (AvgIpc) is 2.92. The van der Waals surface area contributed by atoms with Crippen molar-refractivity contribution in [2.75, 3.05) is 13.2 Å². The molecule has 3 heterocycles. The van der Waals surface area contributed by atoms with Gasteiger partial charge in [-0.25, -0.2) is 0 Å². The van der Waals surface area contributed by atoms with Crippen molar-refractivity contribution >= 4 is 5.91 Å². The molecule has 1 fully saturated rings. The first-order chi connectivity index (χ1) is 11.1. The SMILES string of the molecule is Cc1cc(C(=O)NC(c2cccnc2)C2CCOCC2)c(C)o1. The van der Waals surface area contributed by atoms with Crippen molar-refractivity contribution in [1.29, 1.82) is 0 Å². The zero-order chi connectivity index (χ0) is 16.2. The maximum Gasteiger partial charge on any atom is 0.255 e. The first kappa shape index (κ1) is 15.7. The third-order valence-corrected chi connectivity index (χ3v) is 4.35. The van der Waals surface area contributed by atoms with Crippen LogP contribution >= 0.6 is 0 Å². The number of aromatic nitrogens is 1. The fourth-order valence-electron chi connectivity index (χ4n) is 3.16. The maximum atomic E-state index is 12.7. The monoisotopic (exact) mass is 314 g/mol. The van der Waals surface area contributed by atoms with E-state index in [2.05, 4.69) is 10.3 Å². The van der Waals surface area contributed by atoms with Crippen LogP contribution in [0.25, 0.3) is 0 Å². The van der Waals surface area contributed by atoms with Gasteiger partial charge in [0.2, 0.25) is 0 Å². The van der Waals surface area contributed by atoms with E-state index in [0.29, 0.717) is 17.2 Å². The van der Waals surface area contributed by atoms with Gasteiger partial charge in [-0.2, -0.15) is 0 Å². The molecular formula is C18H22N2O3. The topological polar surface area (TPSA) is 64.4 Å². The number of carbonyl (C=O) groups excluding carboxylic acids is 1. The number of nitrogens with zero attached hydrogens (tertiary/aromatic N) is 1. The van der Waals surface area contributed by atoms with E-state index >= 15 is 0 Å². The second-order valence-electron chi connectivity index (χ2n) is 6.01. The van der Waals surface area contributed by atoms with Crippen LogP contribution in [0.4, 0.5) is 0 Å². The Labute approximate surface area is 136 Å². The molecule has 1 aliphatic heterocycles. The third kappa shape index (κ3) is 3.62. The molecule has 1 N–H and O–H groups in total. The summed E-state index contributed by atoms with van der Waals surface area (Å²) in [6, 6.07) is 5.64. The highest BCUT2D eigenvalue weighted by Crippen LogP contribution is 2.30. The predicted molar refractivity (Wildman–Crippen MR) is 86.2 cm³/mol. The summed E-state index contributed by atoms with van der Waals surface area (Å²) in [7, 11) is 0. The molecule has 122 valence electrons. The summed E-state index contributed by atoms with van der Waals surface area (Å²) in [6.07, 6.45) is 5.44. The van der Waals surface area contributed by atoms with Gasteiger partial charge in [-0.3, -0.25) is 9.78 Å². The van der Waals surface area contributed by atoms with E-state index in [1.807, 2.05) is 32.2 Å². The van der Waals surface area contributed by atoms with Gasteiger partial charge in [0.25, 0.3) is 5.91 Å². The number of amides is 1. The van der Waals surface area contributed by atoms with Crippen molar-refractivity contribution in [1.82, 2.24) is 10.3 Å². The summed E-state index contributed by atoms with van der Waals surface area (Å²) in [4.78, 5) is 16.9. The van der Waals surface area contributed by atoms with E-state index in [0.717, 1.165) is 37.4 Å². The highest BCUT2D eigenvalue weighted by atomic mass is 16.5. The minimum atomic E-state index is -0.0975. The molecule has 0 saturated carbocycles. The zero-order valence-corrected chi connectivity index (χ0v) is 13.5. The molecule has 0 spiro atoms. The van der Waals surface area contributed by atoms with Crippen LogP contribution in [-0.4, -0.2) is 24.1 Å². The van der Waals surface area contributed by atoms with E-state index in [9.17, 15) is 4.79 Å². The standard InChI is InChI=1S/C18H22N2O3/c1-12-10-16(13(2)23-12)18(21)20-17(14-5-8-22-9-6-14)15-4-3-7-19-11-15/h3-4,7,10-11,14,17H,5-6,8-9H2,1-2H3,(H,20,21). The van der Waals surface area contributed by atoms with E-state index in [1.165, 1.54) is 0 Å². The average molecular weight is 314 g/mol. The van der Waals surface area contributed by atoms with Gasteiger partial charge in [0.15, 0.2) is 0 Å². The summed E-state index contributed by atoms with van der Waals surface area (Å²) < 4.78 is 10.9. The van der Waals surface area contributed by atoms with Crippen LogP contribution in [0.15, 0.2) is 35.0 Å². The van der Waals surface area contributed by atoms with Crippen LogP contribution in [0, 0.1) is 19.8 Å². The normalized spacial score (nSPS) is 17.0. The summed E-state index contributed by atoms with van der Waals surface area (Å²) in [6.45, 7) is 5.14. The number of carbonyl (C=O) groups is 1. The molecule has 0 radical (unpaired) electrons. The van der Waals surface area contributed by atoms with E-state index in [1.54, 1.807) is 12.3 Å². The van der Waals surface area contributed by atoms with Crippen LogP contribution in [0.1, 0.15) is 46.3 Å². The molecule has 5 nitrogen and oxygen atoms in total. The molecule has 23 heavy (non-hydrogen) atoms. The number of rotatable bonds is 4. The highest BCUT2D eigenvalue weighted by Gasteiger charge is 2.28. The number of nitrogens with one attached hydrogen (secondary N) is 1. The zero-order valence-electron chi connectivity index (χ0n) is 13.5. The van der Waals surface area contributed by atoms with Crippen molar-refractivity contribution < 1.29 is 13.9 Å². The van der Waals surface area contributed by atoms with Crippen LogP contribution < -0.4 is 5.32 Å². The summed E-state index contributed by atoms with van der Waals surface area (Å²) >= 11 is 0. The van der Waals surface area contributed by atoms with Gasteiger partial charge in [-0.15, -0.1) is 0 Å².